The van der Waals surface area contributed by atoms with E-state index in [1.165, 1.54) is 0 Å². The van der Waals surface area contributed by atoms with Crippen LogP contribution in [0.1, 0.15) is 5.56 Å². The fourth-order valence-corrected chi connectivity index (χ4v) is 3.13. The molecule has 1 aromatic carbocycles. The van der Waals surface area contributed by atoms with Gasteiger partial charge in [0.1, 0.15) is 17.9 Å². The van der Waals surface area contributed by atoms with Crippen LogP contribution in [0.2, 0.25) is 5.28 Å². The van der Waals surface area contributed by atoms with Crippen molar-refractivity contribution >= 4 is 28.6 Å². The molecule has 29 heavy (non-hydrogen) atoms. The lowest BCUT2D eigenvalue weighted by Gasteiger charge is -2.12. The number of nitrogens with zero attached hydrogens (tertiary/aromatic N) is 5. The standard InChI is InChI=1S/C19H15ClF2N6O/c20-19-26-17(23)16-18(27-19)28(10-25-16)8-11-5-13(12-1-3-24-4-2-12)7-14(6-11)29-9-15(21)22/h1-7,10,15H,8-9H2,(H2,23,26,27). The number of anilines is 1. The van der Waals surface area contributed by atoms with E-state index in [4.69, 9.17) is 22.1 Å². The summed E-state index contributed by atoms with van der Waals surface area (Å²) in [6.07, 6.45) is 2.33. The Morgan fingerprint density at radius 1 is 1.10 bits per heavy atom. The number of hydrogen-bond donors (Lipinski definition) is 1. The van der Waals surface area contributed by atoms with Gasteiger partial charge in [0.15, 0.2) is 11.5 Å². The molecule has 0 fully saturated rings. The van der Waals surface area contributed by atoms with Crippen molar-refractivity contribution < 1.29 is 13.5 Å². The number of rotatable bonds is 6. The molecule has 3 aromatic heterocycles. The summed E-state index contributed by atoms with van der Waals surface area (Å²) in [6, 6.07) is 9.00. The summed E-state index contributed by atoms with van der Waals surface area (Å²) in [5.74, 6) is 0.524. The maximum atomic E-state index is 12.6. The van der Waals surface area contributed by atoms with E-state index in [0.29, 0.717) is 23.5 Å². The van der Waals surface area contributed by atoms with E-state index >= 15 is 0 Å². The minimum absolute atomic E-state index is 0.0169. The predicted octanol–water partition coefficient (Wildman–Crippen LogP) is 3.82. The van der Waals surface area contributed by atoms with Gasteiger partial charge in [-0.1, -0.05) is 0 Å². The second-order valence-electron chi connectivity index (χ2n) is 6.23. The number of benzene rings is 1. The van der Waals surface area contributed by atoms with Gasteiger partial charge in [-0.25, -0.2) is 13.8 Å². The fourth-order valence-electron chi connectivity index (χ4n) is 2.96. The lowest BCUT2D eigenvalue weighted by Crippen LogP contribution is -2.08. The van der Waals surface area contributed by atoms with E-state index in [9.17, 15) is 8.78 Å². The van der Waals surface area contributed by atoms with Crippen LogP contribution in [0.3, 0.4) is 0 Å². The highest BCUT2D eigenvalue weighted by Gasteiger charge is 2.13. The van der Waals surface area contributed by atoms with E-state index in [2.05, 4.69) is 19.9 Å². The van der Waals surface area contributed by atoms with Crippen molar-refractivity contribution in [3.63, 3.8) is 0 Å². The molecular formula is C19H15ClF2N6O. The molecule has 0 saturated heterocycles. The smallest absolute Gasteiger partial charge is 0.272 e. The van der Waals surface area contributed by atoms with Crippen molar-refractivity contribution in [1.82, 2.24) is 24.5 Å². The van der Waals surface area contributed by atoms with Crippen molar-refractivity contribution in [3.8, 4) is 16.9 Å². The minimum atomic E-state index is -2.57. The third kappa shape index (κ3) is 4.24. The van der Waals surface area contributed by atoms with Crippen molar-refractivity contribution in [2.45, 2.75) is 13.0 Å². The number of alkyl halides is 2. The lowest BCUT2D eigenvalue weighted by molar-refractivity contribution is 0.0819. The number of nitrogens with two attached hydrogens (primary N) is 1. The molecular weight excluding hydrogens is 402 g/mol. The van der Waals surface area contributed by atoms with Crippen LogP contribution in [0.4, 0.5) is 14.6 Å². The second-order valence-corrected chi connectivity index (χ2v) is 6.56. The van der Waals surface area contributed by atoms with Crippen LogP contribution < -0.4 is 10.5 Å². The highest BCUT2D eigenvalue weighted by molar-refractivity contribution is 6.28. The van der Waals surface area contributed by atoms with Gasteiger partial charge >= 0.3 is 0 Å². The predicted molar refractivity (Wildman–Crippen MR) is 105 cm³/mol. The molecule has 0 aliphatic carbocycles. The van der Waals surface area contributed by atoms with Crippen LogP contribution in [0.15, 0.2) is 49.1 Å². The number of fused-ring (bicyclic) bond motifs is 1. The summed E-state index contributed by atoms with van der Waals surface area (Å²) in [5.41, 5.74) is 9.26. The summed E-state index contributed by atoms with van der Waals surface area (Å²) in [4.78, 5) is 16.3. The molecule has 0 radical (unpaired) electrons. The molecule has 0 bridgehead atoms. The average Bonchev–Trinajstić information content (AvgIpc) is 3.10. The first-order valence-corrected chi connectivity index (χ1v) is 8.96. The van der Waals surface area contributed by atoms with Crippen LogP contribution in [-0.2, 0) is 6.54 Å². The molecule has 0 saturated carbocycles. The highest BCUT2D eigenvalue weighted by Crippen LogP contribution is 2.27. The number of hydrogen-bond acceptors (Lipinski definition) is 6. The summed E-state index contributed by atoms with van der Waals surface area (Å²) in [6.45, 7) is -0.333. The van der Waals surface area contributed by atoms with Crippen LogP contribution in [-0.4, -0.2) is 37.5 Å². The van der Waals surface area contributed by atoms with Gasteiger partial charge < -0.3 is 15.0 Å². The van der Waals surface area contributed by atoms with Crippen molar-refractivity contribution in [2.75, 3.05) is 12.3 Å². The fraction of sp³-hybridized carbons (Fsp3) is 0.158. The van der Waals surface area contributed by atoms with E-state index in [1.807, 2.05) is 18.2 Å². The Balaban J connectivity index is 1.74. The van der Waals surface area contributed by atoms with Gasteiger partial charge in [0.25, 0.3) is 6.43 Å². The molecule has 3 heterocycles. The number of aromatic nitrogens is 5. The minimum Gasteiger partial charge on any atom is -0.488 e. The van der Waals surface area contributed by atoms with Crippen LogP contribution >= 0.6 is 11.6 Å². The maximum absolute atomic E-state index is 12.6. The molecule has 4 aromatic rings. The Morgan fingerprint density at radius 3 is 2.66 bits per heavy atom. The van der Waals surface area contributed by atoms with Crippen molar-refractivity contribution in [2.24, 2.45) is 0 Å². The summed E-state index contributed by atoms with van der Waals surface area (Å²) in [5, 5.41) is 0.0169. The Morgan fingerprint density at radius 2 is 1.90 bits per heavy atom. The Bertz CT molecular complexity index is 1150. The normalized spacial score (nSPS) is 11.3. The van der Waals surface area contributed by atoms with Gasteiger partial charge in [-0.3, -0.25) is 4.98 Å². The molecule has 0 atom stereocenters. The van der Waals surface area contributed by atoms with Crippen molar-refractivity contribution in [1.29, 1.82) is 0 Å². The molecule has 7 nitrogen and oxygen atoms in total. The molecule has 148 valence electrons. The van der Waals surface area contributed by atoms with Gasteiger partial charge in [-0.15, -0.1) is 0 Å². The van der Waals surface area contributed by atoms with Gasteiger partial charge in [0, 0.05) is 12.4 Å². The Labute approximate surface area is 169 Å². The molecule has 0 amide bonds. The number of nitrogen functional groups attached to an aromatic ring is 1. The topological polar surface area (TPSA) is 91.7 Å². The number of imidazole rings is 1. The van der Waals surface area contributed by atoms with Crippen LogP contribution in [0.25, 0.3) is 22.3 Å². The zero-order chi connectivity index (χ0) is 20.4. The van der Waals surface area contributed by atoms with E-state index in [1.54, 1.807) is 35.4 Å². The Kier molecular flexibility index (Phi) is 5.22. The number of pyridine rings is 1. The molecule has 0 aliphatic heterocycles. The van der Waals surface area contributed by atoms with Gasteiger partial charge in [-0.2, -0.15) is 9.97 Å². The Hall–Kier alpha value is -3.33. The third-order valence-electron chi connectivity index (χ3n) is 4.17. The highest BCUT2D eigenvalue weighted by atomic mass is 35.5. The molecule has 0 spiro atoms. The molecule has 2 N–H and O–H groups in total. The molecule has 0 unspecified atom stereocenters. The molecule has 0 aliphatic rings. The maximum Gasteiger partial charge on any atom is 0.272 e. The number of halogens is 3. The number of ether oxygens (including phenoxy) is 1. The second kappa shape index (κ2) is 7.96. The molecule has 4 rings (SSSR count). The third-order valence-corrected chi connectivity index (χ3v) is 4.34. The SMILES string of the molecule is Nc1nc(Cl)nc2c1ncn2Cc1cc(OCC(F)F)cc(-c2ccncc2)c1. The van der Waals surface area contributed by atoms with E-state index < -0.39 is 13.0 Å². The lowest BCUT2D eigenvalue weighted by atomic mass is 10.0. The van der Waals surface area contributed by atoms with Gasteiger partial charge in [0.2, 0.25) is 5.28 Å². The van der Waals surface area contributed by atoms with Gasteiger partial charge in [0.05, 0.1) is 12.9 Å². The van der Waals surface area contributed by atoms with Gasteiger partial charge in [-0.05, 0) is 58.6 Å². The van der Waals surface area contributed by atoms with Crippen LogP contribution in [0.5, 0.6) is 5.75 Å². The van der Waals surface area contributed by atoms with Crippen LogP contribution in [0, 0.1) is 0 Å². The van der Waals surface area contributed by atoms with E-state index in [0.717, 1.165) is 16.7 Å². The monoisotopic (exact) mass is 416 g/mol. The first kappa shape index (κ1) is 19.0. The summed E-state index contributed by atoms with van der Waals surface area (Å²) >= 11 is 5.92. The van der Waals surface area contributed by atoms with Crippen molar-refractivity contribution in [3.05, 3.63) is 59.9 Å². The zero-order valence-electron chi connectivity index (χ0n) is 15.0. The largest absolute Gasteiger partial charge is 0.488 e. The first-order valence-electron chi connectivity index (χ1n) is 8.59. The van der Waals surface area contributed by atoms with E-state index in [-0.39, 0.29) is 11.1 Å². The quantitative estimate of drug-likeness (QED) is 0.480. The zero-order valence-corrected chi connectivity index (χ0v) is 15.7. The average molecular weight is 417 g/mol. The molecule has 10 heteroatoms. The first-order chi connectivity index (χ1) is 14.0. The summed E-state index contributed by atoms with van der Waals surface area (Å²) in [7, 11) is 0. The summed E-state index contributed by atoms with van der Waals surface area (Å²) < 4.78 is 32.2.